The number of pyridine rings is 1. The Morgan fingerprint density at radius 3 is 2.32 bits per heavy atom. The van der Waals surface area contributed by atoms with Crippen LogP contribution in [0.3, 0.4) is 0 Å². The molecule has 5 rings (SSSR count). The summed E-state index contributed by atoms with van der Waals surface area (Å²) in [5.41, 5.74) is 5.65. The van der Waals surface area contributed by atoms with Crippen molar-refractivity contribution in [2.24, 2.45) is 0 Å². The van der Waals surface area contributed by atoms with Crippen molar-refractivity contribution < 1.29 is 4.39 Å². The van der Waals surface area contributed by atoms with Crippen LogP contribution in [0.5, 0.6) is 0 Å². The normalized spacial score (nSPS) is 16.3. The van der Waals surface area contributed by atoms with Gasteiger partial charge in [-0.3, -0.25) is 0 Å². The number of benzene rings is 2. The van der Waals surface area contributed by atoms with Gasteiger partial charge in [-0.2, -0.15) is 5.26 Å². The molecule has 1 aromatic heterocycles. The first-order valence-electron chi connectivity index (χ1n) is 13.3. The Hall–Kier alpha value is -4.11. The first kappa shape index (κ1) is 25.5. The molecule has 2 aliphatic rings. The van der Waals surface area contributed by atoms with Gasteiger partial charge < -0.3 is 15.1 Å². The molecule has 0 amide bonds. The number of hydrogen-bond acceptors (Lipinski definition) is 5. The van der Waals surface area contributed by atoms with Crippen molar-refractivity contribution >= 4 is 22.9 Å². The van der Waals surface area contributed by atoms with Gasteiger partial charge in [0.25, 0.3) is 0 Å². The van der Waals surface area contributed by atoms with E-state index in [0.717, 1.165) is 53.5 Å². The number of alkyl halides is 1. The summed E-state index contributed by atoms with van der Waals surface area (Å²) in [5, 5.41) is 12.5. The van der Waals surface area contributed by atoms with E-state index in [9.17, 15) is 0 Å². The van der Waals surface area contributed by atoms with Gasteiger partial charge in [-0.15, -0.1) is 0 Å². The largest absolute Gasteiger partial charge is 0.371 e. The number of nitriles is 1. The Kier molecular flexibility index (Phi) is 7.20. The zero-order chi connectivity index (χ0) is 26.7. The molecule has 3 aromatic rings. The predicted molar refractivity (Wildman–Crippen MR) is 153 cm³/mol. The average Bonchev–Trinajstić information content (AvgIpc) is 2.92. The molecule has 6 heteroatoms. The van der Waals surface area contributed by atoms with E-state index in [1.165, 1.54) is 12.0 Å². The minimum Gasteiger partial charge on any atom is -0.371 e. The highest BCUT2D eigenvalue weighted by atomic mass is 19.1. The molecular weight excluding hydrogens is 473 g/mol. The van der Waals surface area contributed by atoms with Crippen molar-refractivity contribution in [1.29, 1.82) is 5.26 Å². The number of hydrogen-bond donors (Lipinski definition) is 1. The first-order valence-corrected chi connectivity index (χ1v) is 13.3. The SMILES string of the molecule is C=C(Nc1cc(C(=C)N2CCC(F)(c3ccc(C#N)cc3)CC2)ccc1CC)c1ccc(N2CCC2)nc1. The van der Waals surface area contributed by atoms with E-state index in [2.05, 4.69) is 76.6 Å². The Morgan fingerprint density at radius 2 is 1.74 bits per heavy atom. The fourth-order valence-electron chi connectivity index (χ4n) is 5.16. The van der Waals surface area contributed by atoms with Gasteiger partial charge in [0.1, 0.15) is 11.5 Å². The van der Waals surface area contributed by atoms with E-state index in [0.29, 0.717) is 37.1 Å². The number of aryl methyl sites for hydroxylation is 1. The lowest BCUT2D eigenvalue weighted by atomic mass is 9.85. The number of likely N-dealkylation sites (tertiary alicyclic amines) is 1. The third-order valence-electron chi connectivity index (χ3n) is 7.85. The highest BCUT2D eigenvalue weighted by Crippen LogP contribution is 2.39. The summed E-state index contributed by atoms with van der Waals surface area (Å²) in [6.45, 7) is 14.1. The number of aromatic nitrogens is 1. The summed E-state index contributed by atoms with van der Waals surface area (Å²) in [5.74, 6) is 1.01. The summed E-state index contributed by atoms with van der Waals surface area (Å²) in [4.78, 5) is 9.05. The Labute approximate surface area is 224 Å². The number of nitrogens with zero attached hydrogens (tertiary/aromatic N) is 4. The van der Waals surface area contributed by atoms with Crippen LogP contribution in [-0.4, -0.2) is 36.1 Å². The first-order chi connectivity index (χ1) is 18.4. The molecule has 0 spiro atoms. The number of rotatable bonds is 8. The molecule has 2 aliphatic heterocycles. The molecule has 2 saturated heterocycles. The summed E-state index contributed by atoms with van der Waals surface area (Å²) < 4.78 is 15.8. The molecular formula is C32H34FN5. The Balaban J connectivity index is 1.26. The zero-order valence-corrected chi connectivity index (χ0v) is 22.0. The second kappa shape index (κ2) is 10.7. The number of halogens is 1. The van der Waals surface area contributed by atoms with Crippen molar-refractivity contribution in [1.82, 2.24) is 9.88 Å². The van der Waals surface area contributed by atoms with Crippen LogP contribution in [0.2, 0.25) is 0 Å². The highest BCUT2D eigenvalue weighted by Gasteiger charge is 2.36. The van der Waals surface area contributed by atoms with Crippen LogP contribution in [0, 0.1) is 11.3 Å². The van der Waals surface area contributed by atoms with E-state index in [4.69, 9.17) is 5.26 Å². The van der Waals surface area contributed by atoms with Crippen molar-refractivity contribution in [3.63, 3.8) is 0 Å². The van der Waals surface area contributed by atoms with Gasteiger partial charge >= 0.3 is 0 Å². The van der Waals surface area contributed by atoms with Crippen LogP contribution >= 0.6 is 0 Å². The fourth-order valence-corrected chi connectivity index (χ4v) is 5.16. The maximum Gasteiger partial charge on any atom is 0.139 e. The van der Waals surface area contributed by atoms with E-state index >= 15 is 4.39 Å². The number of piperidine rings is 1. The van der Waals surface area contributed by atoms with Gasteiger partial charge in [0.15, 0.2) is 0 Å². The molecule has 0 radical (unpaired) electrons. The van der Waals surface area contributed by atoms with Gasteiger partial charge in [0, 0.05) is 67.9 Å². The second-order valence-corrected chi connectivity index (χ2v) is 10.2. The molecule has 0 saturated carbocycles. The molecule has 0 bridgehead atoms. The smallest absolute Gasteiger partial charge is 0.139 e. The Morgan fingerprint density at radius 1 is 1.03 bits per heavy atom. The second-order valence-electron chi connectivity index (χ2n) is 10.2. The van der Waals surface area contributed by atoms with Crippen LogP contribution in [0.4, 0.5) is 15.9 Å². The standard InChI is InChI=1S/C32H34FN5/c1-4-26-8-9-27(20-30(26)36-23(2)28-10-13-31(35-22-28)38-16-5-17-38)24(3)37-18-14-32(33,15-19-37)29-11-6-25(21-34)7-12-29/h6-13,20,22,36H,2-5,14-19H2,1H3. The quantitative estimate of drug-likeness (QED) is 0.366. The molecule has 194 valence electrons. The van der Waals surface area contributed by atoms with Crippen LogP contribution in [-0.2, 0) is 12.1 Å². The molecule has 0 unspecified atom stereocenters. The maximum absolute atomic E-state index is 15.8. The van der Waals surface area contributed by atoms with Crippen molar-refractivity contribution in [3.05, 3.63) is 102 Å². The van der Waals surface area contributed by atoms with Crippen molar-refractivity contribution in [2.75, 3.05) is 36.4 Å². The molecule has 1 N–H and O–H groups in total. The maximum atomic E-state index is 15.8. The van der Waals surface area contributed by atoms with Crippen LogP contribution in [0.1, 0.15) is 54.0 Å². The lowest BCUT2D eigenvalue weighted by Crippen LogP contribution is -2.39. The summed E-state index contributed by atoms with van der Waals surface area (Å²) in [6, 6.07) is 19.4. The van der Waals surface area contributed by atoms with Crippen molar-refractivity contribution in [3.8, 4) is 6.07 Å². The van der Waals surface area contributed by atoms with Crippen LogP contribution in [0.25, 0.3) is 11.4 Å². The predicted octanol–water partition coefficient (Wildman–Crippen LogP) is 6.74. The summed E-state index contributed by atoms with van der Waals surface area (Å²) in [7, 11) is 0. The number of anilines is 2. The van der Waals surface area contributed by atoms with E-state index in [-0.39, 0.29) is 0 Å². The molecule has 0 atom stereocenters. The average molecular weight is 508 g/mol. The van der Waals surface area contributed by atoms with Crippen molar-refractivity contribution in [2.45, 2.75) is 38.3 Å². The topological polar surface area (TPSA) is 55.2 Å². The third-order valence-corrected chi connectivity index (χ3v) is 7.85. The van der Waals surface area contributed by atoms with Crippen LogP contribution < -0.4 is 10.2 Å². The third kappa shape index (κ3) is 5.15. The van der Waals surface area contributed by atoms with Gasteiger partial charge in [-0.05, 0) is 59.9 Å². The van der Waals surface area contributed by atoms with E-state index in [1.807, 2.05) is 6.20 Å². The molecule has 2 fully saturated rings. The lowest BCUT2D eigenvalue weighted by molar-refractivity contribution is 0.0794. The van der Waals surface area contributed by atoms with Gasteiger partial charge in [0.2, 0.25) is 0 Å². The zero-order valence-electron chi connectivity index (χ0n) is 22.0. The van der Waals surface area contributed by atoms with E-state index in [1.54, 1.807) is 24.3 Å². The monoisotopic (exact) mass is 507 g/mol. The molecule has 5 nitrogen and oxygen atoms in total. The number of nitrogens with one attached hydrogen (secondary N) is 1. The lowest BCUT2D eigenvalue weighted by Gasteiger charge is -2.39. The summed E-state index contributed by atoms with van der Waals surface area (Å²) >= 11 is 0. The molecule has 0 aliphatic carbocycles. The molecule has 2 aromatic carbocycles. The highest BCUT2D eigenvalue weighted by molar-refractivity contribution is 5.79. The minimum absolute atomic E-state index is 0.382. The summed E-state index contributed by atoms with van der Waals surface area (Å²) in [6.07, 6.45) is 4.75. The van der Waals surface area contributed by atoms with Gasteiger partial charge in [0.05, 0.1) is 11.6 Å². The fraction of sp³-hybridized carbons (Fsp3) is 0.312. The molecule has 3 heterocycles. The van der Waals surface area contributed by atoms with Gasteiger partial charge in [-0.1, -0.05) is 44.3 Å². The minimum atomic E-state index is -1.39. The van der Waals surface area contributed by atoms with E-state index < -0.39 is 5.67 Å². The molecule has 38 heavy (non-hydrogen) atoms. The van der Waals surface area contributed by atoms with Crippen LogP contribution in [0.15, 0.2) is 74.0 Å². The van der Waals surface area contributed by atoms with Gasteiger partial charge in [-0.25, -0.2) is 9.37 Å². The Bertz CT molecular complexity index is 1360.